The summed E-state index contributed by atoms with van der Waals surface area (Å²) in [6.07, 6.45) is 7.73. The molecule has 20 heavy (non-hydrogen) atoms. The first-order chi connectivity index (χ1) is 9.70. The molecule has 2 rings (SSSR count). The van der Waals surface area contributed by atoms with Crippen LogP contribution in [0.25, 0.3) is 0 Å². The van der Waals surface area contributed by atoms with Gasteiger partial charge in [-0.1, -0.05) is 6.92 Å². The van der Waals surface area contributed by atoms with Gasteiger partial charge in [0.15, 0.2) is 0 Å². The summed E-state index contributed by atoms with van der Waals surface area (Å²) in [7, 11) is 0. The van der Waals surface area contributed by atoms with Gasteiger partial charge < -0.3 is 10.2 Å². The number of hydrogen-bond donors (Lipinski definition) is 1. The van der Waals surface area contributed by atoms with Crippen LogP contribution in [0.15, 0.2) is 24.5 Å². The Morgan fingerprint density at radius 2 is 2.10 bits per heavy atom. The molecule has 1 aliphatic rings. The Morgan fingerprint density at radius 1 is 1.35 bits per heavy atom. The van der Waals surface area contributed by atoms with E-state index in [1.807, 2.05) is 12.4 Å². The lowest BCUT2D eigenvalue weighted by atomic mass is 9.90. The third kappa shape index (κ3) is 4.29. The molecule has 0 amide bonds. The molecule has 0 spiro atoms. The lowest BCUT2D eigenvalue weighted by Gasteiger charge is -2.37. The molecule has 112 valence electrons. The van der Waals surface area contributed by atoms with Crippen molar-refractivity contribution in [3.63, 3.8) is 0 Å². The van der Waals surface area contributed by atoms with Crippen LogP contribution < -0.4 is 5.32 Å². The molecule has 3 heteroatoms. The fraction of sp³-hybridized carbons (Fsp3) is 0.706. The summed E-state index contributed by atoms with van der Waals surface area (Å²) in [6.45, 7) is 10.7. The van der Waals surface area contributed by atoms with Gasteiger partial charge in [-0.2, -0.15) is 0 Å². The summed E-state index contributed by atoms with van der Waals surface area (Å²) < 4.78 is 0. The van der Waals surface area contributed by atoms with Crippen LogP contribution in [0.4, 0.5) is 0 Å². The largest absolute Gasteiger partial charge is 0.307 e. The quantitative estimate of drug-likeness (QED) is 0.864. The topological polar surface area (TPSA) is 28.2 Å². The molecule has 1 saturated heterocycles. The van der Waals surface area contributed by atoms with Gasteiger partial charge in [0.2, 0.25) is 0 Å². The average molecular weight is 275 g/mol. The maximum absolute atomic E-state index is 4.09. The van der Waals surface area contributed by atoms with Crippen LogP contribution in [-0.2, 0) is 0 Å². The van der Waals surface area contributed by atoms with Crippen molar-refractivity contribution in [2.24, 2.45) is 5.92 Å². The number of rotatable bonds is 6. The van der Waals surface area contributed by atoms with Gasteiger partial charge in [0.1, 0.15) is 0 Å². The molecule has 1 fully saturated rings. The summed E-state index contributed by atoms with van der Waals surface area (Å²) in [6, 6.07) is 5.18. The minimum Gasteiger partial charge on any atom is -0.307 e. The van der Waals surface area contributed by atoms with Gasteiger partial charge in [0.05, 0.1) is 0 Å². The Labute approximate surface area is 123 Å². The van der Waals surface area contributed by atoms with Gasteiger partial charge in [0.25, 0.3) is 0 Å². The third-order valence-electron chi connectivity index (χ3n) is 4.51. The molecule has 2 heterocycles. The van der Waals surface area contributed by atoms with Crippen molar-refractivity contribution in [2.45, 2.75) is 52.1 Å². The maximum atomic E-state index is 4.09. The number of piperidine rings is 1. The van der Waals surface area contributed by atoms with E-state index in [-0.39, 0.29) is 0 Å². The van der Waals surface area contributed by atoms with Gasteiger partial charge in [-0.05, 0) is 69.8 Å². The lowest BCUT2D eigenvalue weighted by Crippen LogP contribution is -2.45. The Kier molecular flexibility index (Phi) is 5.99. The van der Waals surface area contributed by atoms with Crippen molar-refractivity contribution in [1.29, 1.82) is 0 Å². The van der Waals surface area contributed by atoms with Crippen LogP contribution in [0.2, 0.25) is 0 Å². The van der Waals surface area contributed by atoms with Crippen LogP contribution in [0.5, 0.6) is 0 Å². The van der Waals surface area contributed by atoms with Crippen LogP contribution in [-0.4, -0.2) is 35.6 Å². The molecule has 3 nitrogen and oxygen atoms in total. The summed E-state index contributed by atoms with van der Waals surface area (Å²) in [5.74, 6) is 0.777. The van der Waals surface area contributed by atoms with E-state index in [0.29, 0.717) is 12.1 Å². The number of likely N-dealkylation sites (tertiary alicyclic amines) is 1. The minimum absolute atomic E-state index is 0.398. The number of nitrogens with one attached hydrogen (secondary N) is 1. The molecule has 0 saturated carbocycles. The zero-order chi connectivity index (χ0) is 14.4. The number of pyridine rings is 1. The van der Waals surface area contributed by atoms with Gasteiger partial charge in [-0.3, -0.25) is 4.98 Å². The second kappa shape index (κ2) is 7.75. The third-order valence-corrected chi connectivity index (χ3v) is 4.51. The molecule has 3 atom stereocenters. The first kappa shape index (κ1) is 15.5. The monoisotopic (exact) mass is 275 g/mol. The van der Waals surface area contributed by atoms with E-state index in [9.17, 15) is 0 Å². The van der Waals surface area contributed by atoms with Gasteiger partial charge in [-0.15, -0.1) is 0 Å². The molecule has 1 N–H and O–H groups in total. The molecule has 1 aromatic rings. The SMILES string of the molecule is CCCN1CCCC(C(C)N[C@@H](C)c2ccncc2)C1. The predicted octanol–water partition coefficient (Wildman–Crippen LogP) is 3.24. The van der Waals surface area contributed by atoms with Crippen molar-refractivity contribution in [2.75, 3.05) is 19.6 Å². The maximum Gasteiger partial charge on any atom is 0.0295 e. The van der Waals surface area contributed by atoms with Crippen molar-refractivity contribution in [3.05, 3.63) is 30.1 Å². The van der Waals surface area contributed by atoms with Crippen molar-refractivity contribution in [3.8, 4) is 0 Å². The smallest absolute Gasteiger partial charge is 0.0295 e. The normalized spacial score (nSPS) is 23.4. The van der Waals surface area contributed by atoms with Gasteiger partial charge in [0, 0.05) is 31.0 Å². The highest BCUT2D eigenvalue weighted by Crippen LogP contribution is 2.22. The Bertz CT molecular complexity index is 377. The average Bonchev–Trinajstić information content (AvgIpc) is 2.48. The second-order valence-corrected chi connectivity index (χ2v) is 6.16. The first-order valence-corrected chi connectivity index (χ1v) is 8.09. The summed E-state index contributed by atoms with van der Waals surface area (Å²) in [5, 5.41) is 3.77. The van der Waals surface area contributed by atoms with E-state index < -0.39 is 0 Å². The van der Waals surface area contributed by atoms with Gasteiger partial charge in [-0.25, -0.2) is 0 Å². The highest BCUT2D eigenvalue weighted by molar-refractivity contribution is 5.14. The van der Waals surface area contributed by atoms with Crippen LogP contribution in [0.1, 0.15) is 51.6 Å². The van der Waals surface area contributed by atoms with Crippen LogP contribution >= 0.6 is 0 Å². The molecule has 1 aromatic heterocycles. The molecule has 0 aliphatic carbocycles. The van der Waals surface area contributed by atoms with E-state index in [1.54, 1.807) is 0 Å². The van der Waals surface area contributed by atoms with E-state index >= 15 is 0 Å². The van der Waals surface area contributed by atoms with Crippen molar-refractivity contribution >= 4 is 0 Å². The highest BCUT2D eigenvalue weighted by atomic mass is 15.1. The zero-order valence-electron chi connectivity index (χ0n) is 13.2. The van der Waals surface area contributed by atoms with E-state index in [2.05, 4.69) is 48.1 Å². The molecule has 0 radical (unpaired) electrons. The molecule has 1 aliphatic heterocycles. The summed E-state index contributed by atoms with van der Waals surface area (Å²) >= 11 is 0. The van der Waals surface area contributed by atoms with Crippen LogP contribution in [0.3, 0.4) is 0 Å². The fourth-order valence-electron chi connectivity index (χ4n) is 3.30. The number of aromatic nitrogens is 1. The van der Waals surface area contributed by atoms with E-state index in [1.165, 1.54) is 44.5 Å². The predicted molar refractivity (Wildman–Crippen MR) is 84.7 cm³/mol. The molecule has 0 bridgehead atoms. The fourth-order valence-corrected chi connectivity index (χ4v) is 3.30. The van der Waals surface area contributed by atoms with Crippen molar-refractivity contribution < 1.29 is 0 Å². The molecular weight excluding hydrogens is 246 g/mol. The number of hydrogen-bond acceptors (Lipinski definition) is 3. The summed E-state index contributed by atoms with van der Waals surface area (Å²) in [5.41, 5.74) is 1.33. The van der Waals surface area contributed by atoms with Crippen LogP contribution in [0, 0.1) is 5.92 Å². The van der Waals surface area contributed by atoms with E-state index in [0.717, 1.165) is 5.92 Å². The Morgan fingerprint density at radius 3 is 2.80 bits per heavy atom. The first-order valence-electron chi connectivity index (χ1n) is 8.09. The van der Waals surface area contributed by atoms with E-state index in [4.69, 9.17) is 0 Å². The Balaban J connectivity index is 1.86. The number of nitrogens with zero attached hydrogens (tertiary/aromatic N) is 2. The highest BCUT2D eigenvalue weighted by Gasteiger charge is 2.25. The lowest BCUT2D eigenvalue weighted by molar-refractivity contribution is 0.147. The molecule has 2 unspecified atom stereocenters. The standard InChI is InChI=1S/C17H29N3/c1-4-11-20-12-5-6-17(13-20)15(3)19-14(2)16-7-9-18-10-8-16/h7-10,14-15,17,19H,4-6,11-13H2,1-3H3/t14-,15?,17?/m0/s1. The zero-order valence-corrected chi connectivity index (χ0v) is 13.2. The minimum atomic E-state index is 0.398. The van der Waals surface area contributed by atoms with Crippen molar-refractivity contribution in [1.82, 2.24) is 15.2 Å². The molecular formula is C17H29N3. The molecule has 0 aromatic carbocycles. The van der Waals surface area contributed by atoms with Gasteiger partial charge >= 0.3 is 0 Å². The Hall–Kier alpha value is -0.930. The summed E-state index contributed by atoms with van der Waals surface area (Å²) in [4.78, 5) is 6.72. The second-order valence-electron chi connectivity index (χ2n) is 6.16.